The summed E-state index contributed by atoms with van der Waals surface area (Å²) in [7, 11) is 0. The molecule has 1 heterocycles. The Labute approximate surface area is 84.3 Å². The molecule has 2 N–H and O–H groups in total. The van der Waals surface area contributed by atoms with Crippen LogP contribution >= 0.6 is 0 Å². The minimum Gasteiger partial charge on any atom is -0.323 e. The summed E-state index contributed by atoms with van der Waals surface area (Å²) < 4.78 is 0. The van der Waals surface area contributed by atoms with Gasteiger partial charge in [0.2, 0.25) is 0 Å². The lowest BCUT2D eigenvalue weighted by molar-refractivity contribution is 0.111. The number of hydrogen-bond donors (Lipinski definition) is 1. The minimum atomic E-state index is -0.0464. The van der Waals surface area contributed by atoms with Crippen LogP contribution in [-0.4, -0.2) is 11.3 Å². The van der Waals surface area contributed by atoms with Crippen LogP contribution in [0.3, 0.4) is 0 Å². The third kappa shape index (κ3) is 2.92. The van der Waals surface area contributed by atoms with Gasteiger partial charge < -0.3 is 5.73 Å². The van der Waals surface area contributed by atoms with Crippen LogP contribution in [0.15, 0.2) is 18.2 Å². The predicted molar refractivity (Wildman–Crippen MR) is 56.1 cm³/mol. The van der Waals surface area contributed by atoms with Gasteiger partial charge in [-0.15, -0.1) is 0 Å². The van der Waals surface area contributed by atoms with Gasteiger partial charge in [0.15, 0.2) is 6.29 Å². The third-order valence-electron chi connectivity index (χ3n) is 2.16. The first-order chi connectivity index (χ1) is 6.77. The molecule has 1 aromatic heterocycles. The molecule has 1 aromatic rings. The van der Waals surface area contributed by atoms with E-state index in [9.17, 15) is 4.79 Å². The SMILES string of the molecule is CCCC[C@@H](N)c1cccc(C=O)n1. The van der Waals surface area contributed by atoms with Crippen molar-refractivity contribution in [3.8, 4) is 0 Å². The summed E-state index contributed by atoms with van der Waals surface area (Å²) in [4.78, 5) is 14.6. The standard InChI is InChI=1S/C11H16N2O/c1-2-3-6-10(12)11-7-4-5-9(8-14)13-11/h4-5,7-8,10H,2-3,6,12H2,1H3/t10-/m1/s1. The van der Waals surface area contributed by atoms with Crippen LogP contribution in [0.2, 0.25) is 0 Å². The normalized spacial score (nSPS) is 12.4. The monoisotopic (exact) mass is 192 g/mol. The molecule has 0 aliphatic heterocycles. The Morgan fingerprint density at radius 1 is 1.57 bits per heavy atom. The van der Waals surface area contributed by atoms with Crippen molar-refractivity contribution >= 4 is 6.29 Å². The molecular weight excluding hydrogens is 176 g/mol. The van der Waals surface area contributed by atoms with Crippen molar-refractivity contribution in [1.82, 2.24) is 4.98 Å². The largest absolute Gasteiger partial charge is 0.323 e. The Morgan fingerprint density at radius 2 is 2.36 bits per heavy atom. The van der Waals surface area contributed by atoms with Crippen LogP contribution in [0.25, 0.3) is 0 Å². The van der Waals surface area contributed by atoms with Gasteiger partial charge in [-0.3, -0.25) is 4.79 Å². The molecule has 1 atom stereocenters. The van der Waals surface area contributed by atoms with Gasteiger partial charge in [-0.2, -0.15) is 0 Å². The van der Waals surface area contributed by atoms with Gasteiger partial charge in [0.05, 0.1) is 5.69 Å². The highest BCUT2D eigenvalue weighted by molar-refractivity contribution is 5.71. The van der Waals surface area contributed by atoms with Crippen LogP contribution < -0.4 is 5.73 Å². The Bertz CT molecular complexity index is 299. The zero-order chi connectivity index (χ0) is 10.4. The van der Waals surface area contributed by atoms with Gasteiger partial charge in [-0.05, 0) is 18.6 Å². The van der Waals surface area contributed by atoms with Crippen molar-refractivity contribution in [3.05, 3.63) is 29.6 Å². The number of aldehydes is 1. The summed E-state index contributed by atoms with van der Waals surface area (Å²) in [6.45, 7) is 2.13. The van der Waals surface area contributed by atoms with Gasteiger partial charge in [0.1, 0.15) is 5.69 Å². The van der Waals surface area contributed by atoms with E-state index in [1.54, 1.807) is 6.07 Å². The lowest BCUT2D eigenvalue weighted by Gasteiger charge is -2.10. The Morgan fingerprint density at radius 3 is 3.00 bits per heavy atom. The van der Waals surface area contributed by atoms with Crippen molar-refractivity contribution in [1.29, 1.82) is 0 Å². The van der Waals surface area contributed by atoms with Crippen molar-refractivity contribution in [3.63, 3.8) is 0 Å². The first kappa shape index (κ1) is 10.9. The van der Waals surface area contributed by atoms with E-state index < -0.39 is 0 Å². The van der Waals surface area contributed by atoms with E-state index in [1.165, 1.54) is 0 Å². The van der Waals surface area contributed by atoms with Crippen molar-refractivity contribution in [2.75, 3.05) is 0 Å². The Hall–Kier alpha value is -1.22. The molecule has 3 nitrogen and oxygen atoms in total. The van der Waals surface area contributed by atoms with Crippen molar-refractivity contribution < 1.29 is 4.79 Å². The molecule has 1 rings (SSSR count). The Balaban J connectivity index is 2.68. The van der Waals surface area contributed by atoms with E-state index in [4.69, 9.17) is 5.73 Å². The molecular formula is C11H16N2O. The third-order valence-corrected chi connectivity index (χ3v) is 2.16. The molecule has 0 spiro atoms. The summed E-state index contributed by atoms with van der Waals surface area (Å²) in [5, 5.41) is 0. The van der Waals surface area contributed by atoms with E-state index in [-0.39, 0.29) is 6.04 Å². The molecule has 0 aromatic carbocycles. The maximum atomic E-state index is 10.5. The second kappa shape index (κ2) is 5.50. The molecule has 0 fully saturated rings. The smallest absolute Gasteiger partial charge is 0.168 e. The zero-order valence-electron chi connectivity index (χ0n) is 8.44. The van der Waals surface area contributed by atoms with Gasteiger partial charge in [-0.25, -0.2) is 4.98 Å². The van der Waals surface area contributed by atoms with Gasteiger partial charge in [-0.1, -0.05) is 25.8 Å². The van der Waals surface area contributed by atoms with Crippen molar-refractivity contribution in [2.45, 2.75) is 32.2 Å². The summed E-state index contributed by atoms with van der Waals surface area (Å²) in [5.74, 6) is 0. The van der Waals surface area contributed by atoms with E-state index in [2.05, 4.69) is 11.9 Å². The number of pyridine rings is 1. The van der Waals surface area contributed by atoms with Crippen molar-refractivity contribution in [2.24, 2.45) is 5.73 Å². The van der Waals surface area contributed by atoms with Gasteiger partial charge in [0.25, 0.3) is 0 Å². The van der Waals surface area contributed by atoms with E-state index >= 15 is 0 Å². The van der Waals surface area contributed by atoms with E-state index in [0.717, 1.165) is 31.2 Å². The molecule has 0 unspecified atom stereocenters. The summed E-state index contributed by atoms with van der Waals surface area (Å²) in [6.07, 6.45) is 3.89. The fourth-order valence-electron chi connectivity index (χ4n) is 1.31. The number of aromatic nitrogens is 1. The highest BCUT2D eigenvalue weighted by Gasteiger charge is 2.06. The maximum Gasteiger partial charge on any atom is 0.168 e. The molecule has 0 amide bonds. The fourth-order valence-corrected chi connectivity index (χ4v) is 1.31. The molecule has 0 aliphatic carbocycles. The summed E-state index contributed by atoms with van der Waals surface area (Å²) in [5.41, 5.74) is 7.19. The lowest BCUT2D eigenvalue weighted by Crippen LogP contribution is -2.12. The molecule has 76 valence electrons. The minimum absolute atomic E-state index is 0.0464. The quantitative estimate of drug-likeness (QED) is 0.727. The first-order valence-electron chi connectivity index (χ1n) is 4.95. The average molecular weight is 192 g/mol. The molecule has 0 saturated carbocycles. The molecule has 14 heavy (non-hydrogen) atoms. The summed E-state index contributed by atoms with van der Waals surface area (Å²) in [6, 6.07) is 5.32. The van der Waals surface area contributed by atoms with Crippen LogP contribution in [0.4, 0.5) is 0 Å². The number of rotatable bonds is 5. The highest BCUT2D eigenvalue weighted by atomic mass is 16.1. The second-order valence-electron chi connectivity index (χ2n) is 3.35. The number of nitrogens with zero attached hydrogens (tertiary/aromatic N) is 1. The summed E-state index contributed by atoms with van der Waals surface area (Å²) >= 11 is 0. The lowest BCUT2D eigenvalue weighted by atomic mass is 10.1. The van der Waals surface area contributed by atoms with Gasteiger partial charge in [0, 0.05) is 6.04 Å². The second-order valence-corrected chi connectivity index (χ2v) is 3.35. The first-order valence-corrected chi connectivity index (χ1v) is 4.95. The zero-order valence-corrected chi connectivity index (χ0v) is 8.44. The maximum absolute atomic E-state index is 10.5. The van der Waals surface area contributed by atoms with E-state index in [1.807, 2.05) is 12.1 Å². The predicted octanol–water partition coefficient (Wildman–Crippen LogP) is 2.08. The van der Waals surface area contributed by atoms with Gasteiger partial charge >= 0.3 is 0 Å². The molecule has 0 aliphatic rings. The Kier molecular flexibility index (Phi) is 4.26. The number of carbonyl (C=O) groups excluding carboxylic acids is 1. The van der Waals surface area contributed by atoms with E-state index in [0.29, 0.717) is 5.69 Å². The molecule has 0 saturated heterocycles. The number of carbonyl (C=O) groups is 1. The molecule has 3 heteroatoms. The fraction of sp³-hybridized carbons (Fsp3) is 0.455. The van der Waals surface area contributed by atoms with Crippen LogP contribution in [0.5, 0.6) is 0 Å². The number of unbranched alkanes of at least 4 members (excludes halogenated alkanes) is 1. The average Bonchev–Trinajstić information content (AvgIpc) is 2.26. The van der Waals surface area contributed by atoms with Crippen LogP contribution in [0.1, 0.15) is 48.4 Å². The highest BCUT2D eigenvalue weighted by Crippen LogP contribution is 2.14. The number of nitrogens with two attached hydrogens (primary N) is 1. The van der Waals surface area contributed by atoms with Crippen LogP contribution in [-0.2, 0) is 0 Å². The topological polar surface area (TPSA) is 56.0 Å². The van der Waals surface area contributed by atoms with Crippen LogP contribution in [0, 0.1) is 0 Å². The molecule has 0 bridgehead atoms. The number of hydrogen-bond acceptors (Lipinski definition) is 3. The molecule has 0 radical (unpaired) electrons.